The third kappa shape index (κ3) is 3.96. The Kier molecular flexibility index (Phi) is 5.03. The molecule has 7 nitrogen and oxygen atoms in total. The Morgan fingerprint density at radius 1 is 1.43 bits per heavy atom. The molecule has 0 saturated heterocycles. The summed E-state index contributed by atoms with van der Waals surface area (Å²) in [6, 6.07) is 2.37. The van der Waals surface area contributed by atoms with E-state index in [4.69, 9.17) is 5.73 Å². The van der Waals surface area contributed by atoms with Crippen molar-refractivity contribution in [3.05, 3.63) is 34.1 Å². The highest BCUT2D eigenvalue weighted by molar-refractivity contribution is 7.89. The Morgan fingerprint density at radius 2 is 2.00 bits per heavy atom. The predicted molar refractivity (Wildman–Crippen MR) is 75.7 cm³/mol. The van der Waals surface area contributed by atoms with Crippen LogP contribution in [0.3, 0.4) is 0 Å². The van der Waals surface area contributed by atoms with Crippen molar-refractivity contribution in [3.8, 4) is 0 Å². The van der Waals surface area contributed by atoms with Gasteiger partial charge in [0.15, 0.2) is 4.90 Å². The predicted octanol–water partition coefficient (Wildman–Crippen LogP) is 1.34. The molecule has 9 heteroatoms. The van der Waals surface area contributed by atoms with Gasteiger partial charge in [0.2, 0.25) is 10.0 Å². The first-order chi connectivity index (χ1) is 9.51. The second-order valence-electron chi connectivity index (χ2n) is 5.50. The van der Waals surface area contributed by atoms with Crippen LogP contribution in [0, 0.1) is 21.3 Å². The summed E-state index contributed by atoms with van der Waals surface area (Å²) in [4.78, 5) is 9.46. The fraction of sp³-hybridized carbons (Fsp3) is 0.500. The van der Waals surface area contributed by atoms with Gasteiger partial charge in [-0.3, -0.25) is 10.1 Å². The normalized spacial score (nSPS) is 12.7. The smallest absolute Gasteiger partial charge is 0.292 e. The zero-order valence-corrected chi connectivity index (χ0v) is 12.9. The summed E-state index contributed by atoms with van der Waals surface area (Å²) in [5.74, 6) is -0.870. The minimum absolute atomic E-state index is 0.0837. The highest BCUT2D eigenvalue weighted by Gasteiger charge is 2.32. The van der Waals surface area contributed by atoms with Gasteiger partial charge in [-0.05, 0) is 24.1 Å². The molecule has 1 rings (SSSR count). The van der Waals surface area contributed by atoms with E-state index >= 15 is 0 Å². The molecule has 0 aliphatic carbocycles. The van der Waals surface area contributed by atoms with E-state index in [1.165, 1.54) is 7.05 Å². The molecule has 0 unspecified atom stereocenters. The summed E-state index contributed by atoms with van der Waals surface area (Å²) in [5, 5.41) is 10.9. The van der Waals surface area contributed by atoms with Crippen LogP contribution in [0.25, 0.3) is 0 Å². The Morgan fingerprint density at radius 3 is 2.48 bits per heavy atom. The number of rotatable bonds is 6. The molecule has 0 atom stereocenters. The first kappa shape index (κ1) is 17.5. The minimum Gasteiger partial charge on any atom is -0.330 e. The van der Waals surface area contributed by atoms with E-state index in [1.54, 1.807) is 13.8 Å². The number of nitro benzene ring substituents is 1. The number of hydrogen-bond donors (Lipinski definition) is 1. The standard InChI is InChI=1S/C12H18FN3O4S/c1-12(2,7-14)8-15(3)21(19,20)11-5-4-9(13)6-10(11)16(17)18/h4-6H,7-8,14H2,1-3H3. The van der Waals surface area contributed by atoms with Crippen molar-refractivity contribution in [2.45, 2.75) is 18.7 Å². The Balaban J connectivity index is 3.28. The molecule has 0 fully saturated rings. The van der Waals surface area contributed by atoms with Gasteiger partial charge in [-0.25, -0.2) is 17.1 Å². The largest absolute Gasteiger partial charge is 0.330 e. The fourth-order valence-corrected chi connectivity index (χ4v) is 3.26. The molecule has 0 bridgehead atoms. The average molecular weight is 319 g/mol. The van der Waals surface area contributed by atoms with Crippen LogP contribution < -0.4 is 5.73 Å². The van der Waals surface area contributed by atoms with E-state index in [9.17, 15) is 22.9 Å². The lowest BCUT2D eigenvalue weighted by atomic mass is 9.94. The van der Waals surface area contributed by atoms with Crippen LogP contribution in [0.1, 0.15) is 13.8 Å². The first-order valence-electron chi connectivity index (χ1n) is 6.11. The van der Waals surface area contributed by atoms with Crippen molar-refractivity contribution in [2.24, 2.45) is 11.1 Å². The summed E-state index contributed by atoms with van der Waals surface area (Å²) in [7, 11) is -2.80. The van der Waals surface area contributed by atoms with Crippen molar-refractivity contribution in [3.63, 3.8) is 0 Å². The zero-order chi connectivity index (χ0) is 16.4. The molecule has 0 saturated carbocycles. The van der Waals surface area contributed by atoms with Crippen LogP contribution in [0.5, 0.6) is 0 Å². The van der Waals surface area contributed by atoms with E-state index in [2.05, 4.69) is 0 Å². The molecule has 0 aliphatic rings. The molecule has 0 spiro atoms. The minimum atomic E-state index is -4.11. The quantitative estimate of drug-likeness (QED) is 0.629. The molecular formula is C12H18FN3O4S. The van der Waals surface area contributed by atoms with Crippen molar-refractivity contribution >= 4 is 15.7 Å². The highest BCUT2D eigenvalue weighted by Crippen LogP contribution is 2.28. The molecule has 0 amide bonds. The van der Waals surface area contributed by atoms with Crippen LogP contribution in [0.15, 0.2) is 23.1 Å². The number of hydrogen-bond acceptors (Lipinski definition) is 5. The maximum atomic E-state index is 13.1. The van der Waals surface area contributed by atoms with E-state index < -0.39 is 36.8 Å². The third-order valence-corrected chi connectivity index (χ3v) is 4.86. The molecule has 21 heavy (non-hydrogen) atoms. The number of nitrogens with two attached hydrogens (primary N) is 1. The van der Waals surface area contributed by atoms with Crippen LogP contribution in [0.4, 0.5) is 10.1 Å². The van der Waals surface area contributed by atoms with Crippen LogP contribution >= 0.6 is 0 Å². The van der Waals surface area contributed by atoms with Crippen molar-refractivity contribution in [1.29, 1.82) is 0 Å². The number of nitrogens with zero attached hydrogens (tertiary/aromatic N) is 2. The number of nitro groups is 1. The number of benzene rings is 1. The molecule has 1 aromatic carbocycles. The second kappa shape index (κ2) is 6.04. The lowest BCUT2D eigenvalue weighted by Crippen LogP contribution is -2.39. The number of sulfonamides is 1. The van der Waals surface area contributed by atoms with Gasteiger partial charge in [-0.1, -0.05) is 13.8 Å². The molecule has 0 heterocycles. The van der Waals surface area contributed by atoms with Crippen LogP contribution in [-0.4, -0.2) is 37.8 Å². The summed E-state index contributed by atoms with van der Waals surface area (Å²) in [6.45, 7) is 3.88. The Hall–Kier alpha value is -1.58. The maximum absolute atomic E-state index is 13.1. The first-order valence-corrected chi connectivity index (χ1v) is 7.55. The second-order valence-corrected chi connectivity index (χ2v) is 7.51. The molecule has 118 valence electrons. The summed E-state index contributed by atoms with van der Waals surface area (Å²) in [6.07, 6.45) is 0. The van der Waals surface area contributed by atoms with Gasteiger partial charge in [0.25, 0.3) is 5.69 Å². The maximum Gasteiger partial charge on any atom is 0.292 e. The molecule has 0 aromatic heterocycles. The number of halogens is 1. The van der Waals surface area contributed by atoms with Crippen molar-refractivity contribution in [2.75, 3.05) is 20.1 Å². The van der Waals surface area contributed by atoms with Gasteiger partial charge in [0.1, 0.15) is 5.82 Å². The van der Waals surface area contributed by atoms with Gasteiger partial charge in [0, 0.05) is 13.6 Å². The van der Waals surface area contributed by atoms with Crippen LogP contribution in [0.2, 0.25) is 0 Å². The third-order valence-electron chi connectivity index (χ3n) is 3.01. The summed E-state index contributed by atoms with van der Waals surface area (Å²) in [5.41, 5.74) is 4.28. The zero-order valence-electron chi connectivity index (χ0n) is 12.0. The lowest BCUT2D eigenvalue weighted by Gasteiger charge is -2.28. The molecule has 1 aromatic rings. The lowest BCUT2D eigenvalue weighted by molar-refractivity contribution is -0.388. The highest BCUT2D eigenvalue weighted by atomic mass is 32.2. The molecule has 0 radical (unpaired) electrons. The van der Waals surface area contributed by atoms with Gasteiger partial charge in [-0.2, -0.15) is 0 Å². The molecule has 0 aliphatic heterocycles. The van der Waals surface area contributed by atoms with Gasteiger partial charge < -0.3 is 5.73 Å². The van der Waals surface area contributed by atoms with Crippen molar-refractivity contribution in [1.82, 2.24) is 4.31 Å². The van der Waals surface area contributed by atoms with Crippen LogP contribution in [-0.2, 0) is 10.0 Å². The van der Waals surface area contributed by atoms with Crippen molar-refractivity contribution < 1.29 is 17.7 Å². The molecule has 2 N–H and O–H groups in total. The topological polar surface area (TPSA) is 107 Å². The van der Waals surface area contributed by atoms with Gasteiger partial charge >= 0.3 is 0 Å². The Bertz CT molecular complexity index is 646. The van der Waals surface area contributed by atoms with E-state index in [0.717, 1.165) is 16.4 Å². The van der Waals surface area contributed by atoms with Gasteiger partial charge in [-0.15, -0.1) is 0 Å². The SMILES string of the molecule is CN(CC(C)(C)CN)S(=O)(=O)c1ccc(F)cc1[N+](=O)[O-]. The Labute approximate surface area is 122 Å². The van der Waals surface area contributed by atoms with Gasteiger partial charge in [0.05, 0.1) is 11.0 Å². The van der Waals surface area contributed by atoms with E-state index in [0.29, 0.717) is 6.07 Å². The van der Waals surface area contributed by atoms with E-state index in [-0.39, 0.29) is 13.1 Å². The van der Waals surface area contributed by atoms with E-state index in [1.807, 2.05) is 0 Å². The summed E-state index contributed by atoms with van der Waals surface area (Å²) >= 11 is 0. The average Bonchev–Trinajstić information content (AvgIpc) is 2.37. The summed E-state index contributed by atoms with van der Waals surface area (Å²) < 4.78 is 38.9. The fourth-order valence-electron chi connectivity index (χ4n) is 1.77. The molecular weight excluding hydrogens is 301 g/mol. The monoisotopic (exact) mass is 319 g/mol.